The van der Waals surface area contributed by atoms with Crippen molar-refractivity contribution in [2.24, 2.45) is 5.92 Å². The lowest BCUT2D eigenvalue weighted by molar-refractivity contribution is -0.126. The Labute approximate surface area is 179 Å². The summed E-state index contributed by atoms with van der Waals surface area (Å²) in [5.74, 6) is -0.473. The zero-order chi connectivity index (χ0) is 21.1. The average molecular weight is 446 g/mol. The summed E-state index contributed by atoms with van der Waals surface area (Å²) in [7, 11) is -3.53. The fourth-order valence-electron chi connectivity index (χ4n) is 3.58. The van der Waals surface area contributed by atoms with E-state index in [4.69, 9.17) is 0 Å². The molecule has 1 N–H and O–H groups in total. The van der Waals surface area contributed by atoms with Crippen LogP contribution in [0, 0.1) is 5.92 Å². The summed E-state index contributed by atoms with van der Waals surface area (Å²) < 4.78 is 29.0. The molecule has 8 nitrogen and oxygen atoms in total. The molecule has 2 atom stereocenters. The van der Waals surface area contributed by atoms with E-state index in [2.05, 4.69) is 15.4 Å². The van der Waals surface area contributed by atoms with Crippen molar-refractivity contribution in [3.05, 3.63) is 60.0 Å². The maximum absolute atomic E-state index is 12.8. The summed E-state index contributed by atoms with van der Waals surface area (Å²) in [6.07, 6.45) is 4.45. The third-order valence-corrected chi connectivity index (χ3v) is 8.52. The average Bonchev–Trinajstić information content (AvgIpc) is 3.48. The topological polar surface area (TPSA) is 97.2 Å². The largest absolute Gasteiger partial charge is 0.349 e. The van der Waals surface area contributed by atoms with Crippen LogP contribution >= 0.6 is 11.3 Å². The predicted octanol–water partition coefficient (Wildman–Crippen LogP) is 2.61. The first-order valence-corrected chi connectivity index (χ1v) is 12.1. The van der Waals surface area contributed by atoms with E-state index in [1.54, 1.807) is 28.5 Å². The van der Waals surface area contributed by atoms with Gasteiger partial charge in [-0.15, -0.1) is 11.3 Å². The third kappa shape index (κ3) is 4.30. The number of hydrogen-bond donors (Lipinski definition) is 1. The van der Waals surface area contributed by atoms with Crippen molar-refractivity contribution in [2.75, 3.05) is 13.1 Å². The zero-order valence-corrected chi connectivity index (χ0v) is 18.1. The number of nitrogens with one attached hydrogen (secondary N) is 1. The van der Waals surface area contributed by atoms with Crippen LogP contribution in [0.2, 0.25) is 0 Å². The summed E-state index contributed by atoms with van der Waals surface area (Å²) in [5, 5.41) is 8.88. The van der Waals surface area contributed by atoms with Crippen molar-refractivity contribution in [1.82, 2.24) is 24.4 Å². The quantitative estimate of drug-likeness (QED) is 0.629. The van der Waals surface area contributed by atoms with Gasteiger partial charge < -0.3 is 5.32 Å². The predicted molar refractivity (Wildman–Crippen MR) is 114 cm³/mol. The summed E-state index contributed by atoms with van der Waals surface area (Å²) in [6.45, 7) is 2.58. The summed E-state index contributed by atoms with van der Waals surface area (Å²) in [5.41, 5.74) is 1.85. The molecule has 30 heavy (non-hydrogen) atoms. The number of hydrogen-bond acceptors (Lipinski definition) is 6. The number of carbonyl (C=O) groups is 1. The van der Waals surface area contributed by atoms with Gasteiger partial charge in [0, 0.05) is 13.1 Å². The van der Waals surface area contributed by atoms with Crippen LogP contribution in [-0.4, -0.2) is 46.5 Å². The standard InChI is InChI=1S/C20H23N5O3S2/c1-15(16-6-8-18(9-7-16)25-14-21-13-22-25)23-20(26)17-4-2-10-24(12-17)30(27,28)19-5-3-11-29-19/h3,5-9,11,13-15,17H,2,4,10,12H2,1H3,(H,23,26)/t15-,17-/m1/s1. The Hall–Kier alpha value is -2.56. The Morgan fingerprint density at radius 2 is 2.07 bits per heavy atom. The van der Waals surface area contributed by atoms with Crippen molar-refractivity contribution in [1.29, 1.82) is 0 Å². The van der Waals surface area contributed by atoms with Gasteiger partial charge in [-0.1, -0.05) is 18.2 Å². The lowest BCUT2D eigenvalue weighted by Crippen LogP contribution is -2.45. The van der Waals surface area contributed by atoms with Gasteiger partial charge in [-0.3, -0.25) is 4.79 Å². The molecule has 1 amide bonds. The zero-order valence-electron chi connectivity index (χ0n) is 16.5. The van der Waals surface area contributed by atoms with E-state index in [1.165, 1.54) is 22.0 Å². The molecule has 0 radical (unpaired) electrons. The highest BCUT2D eigenvalue weighted by Gasteiger charge is 2.34. The van der Waals surface area contributed by atoms with Crippen LogP contribution in [0.25, 0.3) is 5.69 Å². The molecular formula is C20H23N5O3S2. The Morgan fingerprint density at radius 3 is 2.73 bits per heavy atom. The fourth-order valence-corrected chi connectivity index (χ4v) is 6.25. The lowest BCUT2D eigenvalue weighted by atomic mass is 9.98. The fraction of sp³-hybridized carbons (Fsp3) is 0.350. The van der Waals surface area contributed by atoms with Crippen molar-refractivity contribution in [3.63, 3.8) is 0 Å². The summed E-state index contributed by atoms with van der Waals surface area (Å²) >= 11 is 1.20. The highest BCUT2D eigenvalue weighted by Crippen LogP contribution is 2.27. The second-order valence-corrected chi connectivity index (χ2v) is 10.4. The molecule has 1 saturated heterocycles. The summed E-state index contributed by atoms with van der Waals surface area (Å²) in [4.78, 5) is 16.8. The number of benzene rings is 1. The van der Waals surface area contributed by atoms with Gasteiger partial charge in [0.15, 0.2) is 0 Å². The van der Waals surface area contributed by atoms with E-state index in [9.17, 15) is 13.2 Å². The number of sulfonamides is 1. The molecule has 10 heteroatoms. The molecule has 3 heterocycles. The monoisotopic (exact) mass is 445 g/mol. The van der Waals surface area contributed by atoms with Gasteiger partial charge >= 0.3 is 0 Å². The lowest BCUT2D eigenvalue weighted by Gasteiger charge is -2.31. The second-order valence-electron chi connectivity index (χ2n) is 7.30. The van der Waals surface area contributed by atoms with Crippen molar-refractivity contribution >= 4 is 27.3 Å². The van der Waals surface area contributed by atoms with Gasteiger partial charge in [0.2, 0.25) is 5.91 Å². The number of thiophene rings is 1. The molecule has 1 fully saturated rings. The molecule has 1 aliphatic heterocycles. The molecule has 1 aliphatic rings. The smallest absolute Gasteiger partial charge is 0.252 e. The van der Waals surface area contributed by atoms with Gasteiger partial charge in [-0.2, -0.15) is 9.40 Å². The SMILES string of the molecule is C[C@@H](NC(=O)[C@@H]1CCCN(S(=O)(=O)c2cccs2)C1)c1ccc(-n2cncn2)cc1. The summed E-state index contributed by atoms with van der Waals surface area (Å²) in [6, 6.07) is 10.9. The van der Waals surface area contributed by atoms with Crippen LogP contribution in [0.4, 0.5) is 0 Å². The van der Waals surface area contributed by atoms with Crippen LogP contribution in [-0.2, 0) is 14.8 Å². The minimum Gasteiger partial charge on any atom is -0.349 e. The second kappa shape index (κ2) is 8.66. The number of aromatic nitrogens is 3. The van der Waals surface area contributed by atoms with E-state index in [0.717, 1.165) is 11.3 Å². The molecular weight excluding hydrogens is 422 g/mol. The molecule has 0 aliphatic carbocycles. The first-order chi connectivity index (χ1) is 14.4. The first-order valence-electron chi connectivity index (χ1n) is 9.74. The first kappa shape index (κ1) is 20.7. The number of carbonyl (C=O) groups excluding carboxylic acids is 1. The Balaban J connectivity index is 1.39. The van der Waals surface area contributed by atoms with E-state index in [1.807, 2.05) is 31.2 Å². The van der Waals surface area contributed by atoms with E-state index in [-0.39, 0.29) is 24.4 Å². The van der Waals surface area contributed by atoms with Gasteiger partial charge in [0.05, 0.1) is 17.6 Å². The van der Waals surface area contributed by atoms with Crippen LogP contribution in [0.15, 0.2) is 58.6 Å². The number of piperidine rings is 1. The maximum atomic E-state index is 12.8. The van der Waals surface area contributed by atoms with Crippen molar-refractivity contribution < 1.29 is 13.2 Å². The van der Waals surface area contributed by atoms with Crippen LogP contribution in [0.1, 0.15) is 31.4 Å². The molecule has 4 rings (SSSR count). The molecule has 3 aromatic rings. The van der Waals surface area contributed by atoms with Gasteiger partial charge in [-0.25, -0.2) is 18.1 Å². The third-order valence-electron chi connectivity index (χ3n) is 5.28. The maximum Gasteiger partial charge on any atom is 0.252 e. The number of amides is 1. The Bertz CT molecular complexity index is 1080. The van der Waals surface area contributed by atoms with Gasteiger partial charge in [-0.05, 0) is 48.9 Å². The molecule has 2 aromatic heterocycles. The number of rotatable bonds is 6. The molecule has 0 spiro atoms. The van der Waals surface area contributed by atoms with Crippen LogP contribution in [0.3, 0.4) is 0 Å². The van der Waals surface area contributed by atoms with Crippen molar-refractivity contribution in [2.45, 2.75) is 30.0 Å². The van der Waals surface area contributed by atoms with Crippen LogP contribution < -0.4 is 5.32 Å². The van der Waals surface area contributed by atoms with Crippen LogP contribution in [0.5, 0.6) is 0 Å². The molecule has 158 valence electrons. The van der Waals surface area contributed by atoms with E-state index < -0.39 is 10.0 Å². The van der Waals surface area contributed by atoms with Gasteiger partial charge in [0.25, 0.3) is 10.0 Å². The van der Waals surface area contributed by atoms with E-state index >= 15 is 0 Å². The molecule has 0 unspecified atom stereocenters. The van der Waals surface area contributed by atoms with Crippen molar-refractivity contribution in [3.8, 4) is 5.69 Å². The van der Waals surface area contributed by atoms with Gasteiger partial charge in [0.1, 0.15) is 16.9 Å². The minimum atomic E-state index is -3.53. The molecule has 0 bridgehead atoms. The molecule has 1 aromatic carbocycles. The number of nitrogens with zero attached hydrogens (tertiary/aromatic N) is 4. The normalized spacial score (nSPS) is 18.8. The highest BCUT2D eigenvalue weighted by atomic mass is 32.2. The Kier molecular flexibility index (Phi) is 5.98. The van der Waals surface area contributed by atoms with E-state index in [0.29, 0.717) is 23.6 Å². The Morgan fingerprint density at radius 1 is 1.27 bits per heavy atom. The minimum absolute atomic E-state index is 0.117. The molecule has 0 saturated carbocycles. The highest BCUT2D eigenvalue weighted by molar-refractivity contribution is 7.91.